The summed E-state index contributed by atoms with van der Waals surface area (Å²) in [7, 11) is 1.71. The summed E-state index contributed by atoms with van der Waals surface area (Å²) in [6.07, 6.45) is 4.26. The largest absolute Gasteiger partial charge is 0.494 e. The van der Waals surface area contributed by atoms with Crippen LogP contribution in [0.2, 0.25) is 0 Å². The highest BCUT2D eigenvalue weighted by molar-refractivity contribution is 5.66. The van der Waals surface area contributed by atoms with Crippen molar-refractivity contribution in [1.29, 1.82) is 0 Å². The average Bonchev–Trinajstić information content (AvgIpc) is 2.66. The summed E-state index contributed by atoms with van der Waals surface area (Å²) in [5.74, 6) is -1.21. The summed E-state index contributed by atoms with van der Waals surface area (Å²) >= 11 is 0. The fourth-order valence-electron chi connectivity index (χ4n) is 2.64. The lowest BCUT2D eigenvalue weighted by atomic mass is 10.0. The SMILES string of the molecule is CCOc1ccc(-c2ccc(OCCCCCCOC)cc2)c(F)c1F. The number of rotatable bonds is 11. The molecule has 0 aromatic heterocycles. The van der Waals surface area contributed by atoms with E-state index in [0.717, 1.165) is 38.0 Å². The molecule has 0 saturated carbocycles. The number of benzene rings is 2. The molecule has 0 amide bonds. The monoisotopic (exact) mass is 364 g/mol. The average molecular weight is 364 g/mol. The Labute approximate surface area is 153 Å². The Morgan fingerprint density at radius 3 is 2.12 bits per heavy atom. The number of halogens is 2. The zero-order valence-electron chi connectivity index (χ0n) is 15.4. The molecule has 0 radical (unpaired) electrons. The smallest absolute Gasteiger partial charge is 0.201 e. The predicted octanol–water partition coefficient (Wildman–Crippen LogP) is 5.62. The van der Waals surface area contributed by atoms with Gasteiger partial charge in [-0.15, -0.1) is 0 Å². The number of hydrogen-bond donors (Lipinski definition) is 0. The molecule has 2 aromatic carbocycles. The minimum atomic E-state index is -0.960. The maximum atomic E-state index is 14.3. The Balaban J connectivity index is 1.90. The highest BCUT2D eigenvalue weighted by Crippen LogP contribution is 2.30. The van der Waals surface area contributed by atoms with Gasteiger partial charge in [-0.3, -0.25) is 0 Å². The van der Waals surface area contributed by atoms with Gasteiger partial charge in [0, 0.05) is 19.3 Å². The second kappa shape index (κ2) is 10.8. The van der Waals surface area contributed by atoms with Crippen molar-refractivity contribution in [3.63, 3.8) is 0 Å². The summed E-state index contributed by atoms with van der Waals surface area (Å²) in [6, 6.07) is 9.98. The summed E-state index contributed by atoms with van der Waals surface area (Å²) in [4.78, 5) is 0. The molecule has 142 valence electrons. The molecule has 26 heavy (non-hydrogen) atoms. The molecule has 0 spiro atoms. The molecule has 2 rings (SSSR count). The van der Waals surface area contributed by atoms with Crippen molar-refractivity contribution in [2.75, 3.05) is 26.9 Å². The molecule has 2 aromatic rings. The molecular formula is C21H26F2O3. The first-order chi connectivity index (χ1) is 12.7. The topological polar surface area (TPSA) is 27.7 Å². The van der Waals surface area contributed by atoms with Gasteiger partial charge in [-0.05, 0) is 56.0 Å². The van der Waals surface area contributed by atoms with Crippen LogP contribution in [-0.2, 0) is 4.74 Å². The normalized spacial score (nSPS) is 10.8. The highest BCUT2D eigenvalue weighted by atomic mass is 19.2. The Morgan fingerprint density at radius 1 is 0.769 bits per heavy atom. The number of unbranched alkanes of at least 4 members (excludes halogenated alkanes) is 3. The van der Waals surface area contributed by atoms with Gasteiger partial charge in [-0.25, -0.2) is 4.39 Å². The van der Waals surface area contributed by atoms with Crippen molar-refractivity contribution in [2.45, 2.75) is 32.6 Å². The van der Waals surface area contributed by atoms with Crippen molar-refractivity contribution >= 4 is 0 Å². The molecule has 0 aliphatic rings. The molecule has 0 bridgehead atoms. The zero-order chi connectivity index (χ0) is 18.8. The first kappa shape index (κ1) is 20.2. The van der Waals surface area contributed by atoms with Gasteiger partial charge in [-0.1, -0.05) is 18.6 Å². The van der Waals surface area contributed by atoms with Crippen molar-refractivity contribution in [3.8, 4) is 22.6 Å². The van der Waals surface area contributed by atoms with Crippen LogP contribution in [0, 0.1) is 11.6 Å². The van der Waals surface area contributed by atoms with Crippen molar-refractivity contribution in [2.24, 2.45) is 0 Å². The summed E-state index contributed by atoms with van der Waals surface area (Å²) in [5, 5.41) is 0. The molecule has 0 aliphatic carbocycles. The van der Waals surface area contributed by atoms with Gasteiger partial charge in [0.05, 0.1) is 13.2 Å². The van der Waals surface area contributed by atoms with E-state index in [2.05, 4.69) is 0 Å². The fraction of sp³-hybridized carbons (Fsp3) is 0.429. The third-order valence-electron chi connectivity index (χ3n) is 4.02. The maximum absolute atomic E-state index is 14.3. The summed E-state index contributed by atoms with van der Waals surface area (Å²) in [6.45, 7) is 3.45. The number of methoxy groups -OCH3 is 1. The van der Waals surface area contributed by atoms with Crippen LogP contribution in [0.5, 0.6) is 11.5 Å². The molecule has 0 heterocycles. The van der Waals surface area contributed by atoms with Gasteiger partial charge in [0.25, 0.3) is 0 Å². The third kappa shape index (κ3) is 5.70. The van der Waals surface area contributed by atoms with Crippen LogP contribution in [0.3, 0.4) is 0 Å². The first-order valence-electron chi connectivity index (χ1n) is 9.00. The number of hydrogen-bond acceptors (Lipinski definition) is 3. The lowest BCUT2D eigenvalue weighted by Crippen LogP contribution is -1.99. The lowest BCUT2D eigenvalue weighted by molar-refractivity contribution is 0.191. The van der Waals surface area contributed by atoms with E-state index >= 15 is 0 Å². The van der Waals surface area contributed by atoms with Crippen LogP contribution in [0.4, 0.5) is 8.78 Å². The number of ether oxygens (including phenoxy) is 3. The molecule has 3 nitrogen and oxygen atoms in total. The lowest BCUT2D eigenvalue weighted by Gasteiger charge is -2.10. The van der Waals surface area contributed by atoms with E-state index in [1.165, 1.54) is 12.1 Å². The van der Waals surface area contributed by atoms with E-state index in [-0.39, 0.29) is 17.9 Å². The Kier molecular flexibility index (Phi) is 8.35. The molecule has 0 fully saturated rings. The van der Waals surface area contributed by atoms with Gasteiger partial charge in [0.15, 0.2) is 11.6 Å². The second-order valence-corrected chi connectivity index (χ2v) is 5.95. The summed E-state index contributed by atoms with van der Waals surface area (Å²) < 4.78 is 44.0. The van der Waals surface area contributed by atoms with E-state index in [0.29, 0.717) is 12.2 Å². The van der Waals surface area contributed by atoms with Crippen LogP contribution >= 0.6 is 0 Å². The summed E-state index contributed by atoms with van der Waals surface area (Å²) in [5.41, 5.74) is 0.798. The third-order valence-corrected chi connectivity index (χ3v) is 4.02. The van der Waals surface area contributed by atoms with E-state index in [4.69, 9.17) is 14.2 Å². The Hall–Kier alpha value is -2.14. The van der Waals surface area contributed by atoms with Crippen LogP contribution in [-0.4, -0.2) is 26.9 Å². The van der Waals surface area contributed by atoms with Crippen molar-refractivity contribution < 1.29 is 23.0 Å². The van der Waals surface area contributed by atoms with Crippen LogP contribution < -0.4 is 9.47 Å². The van der Waals surface area contributed by atoms with Gasteiger partial charge >= 0.3 is 0 Å². The predicted molar refractivity (Wildman–Crippen MR) is 98.8 cm³/mol. The minimum absolute atomic E-state index is 0.0702. The molecular weight excluding hydrogens is 338 g/mol. The molecule has 0 aliphatic heterocycles. The molecule has 0 N–H and O–H groups in total. The van der Waals surface area contributed by atoms with Crippen LogP contribution in [0.1, 0.15) is 32.6 Å². The van der Waals surface area contributed by atoms with Gasteiger partial charge in [0.2, 0.25) is 5.82 Å². The van der Waals surface area contributed by atoms with E-state index in [1.54, 1.807) is 38.3 Å². The Bertz CT molecular complexity index is 672. The zero-order valence-corrected chi connectivity index (χ0v) is 15.4. The minimum Gasteiger partial charge on any atom is -0.494 e. The maximum Gasteiger partial charge on any atom is 0.201 e. The molecule has 0 unspecified atom stereocenters. The first-order valence-corrected chi connectivity index (χ1v) is 9.00. The second-order valence-electron chi connectivity index (χ2n) is 5.95. The van der Waals surface area contributed by atoms with Crippen LogP contribution in [0.15, 0.2) is 36.4 Å². The quantitative estimate of drug-likeness (QED) is 0.485. The van der Waals surface area contributed by atoms with E-state index < -0.39 is 11.6 Å². The van der Waals surface area contributed by atoms with Gasteiger partial charge in [0.1, 0.15) is 5.75 Å². The molecule has 5 heteroatoms. The fourth-order valence-corrected chi connectivity index (χ4v) is 2.64. The van der Waals surface area contributed by atoms with Gasteiger partial charge in [-0.2, -0.15) is 4.39 Å². The molecule has 0 saturated heterocycles. The van der Waals surface area contributed by atoms with Crippen molar-refractivity contribution in [1.82, 2.24) is 0 Å². The van der Waals surface area contributed by atoms with Crippen LogP contribution in [0.25, 0.3) is 11.1 Å². The van der Waals surface area contributed by atoms with Gasteiger partial charge < -0.3 is 14.2 Å². The molecule has 0 atom stereocenters. The van der Waals surface area contributed by atoms with Crippen molar-refractivity contribution in [3.05, 3.63) is 48.0 Å². The van der Waals surface area contributed by atoms with E-state index in [9.17, 15) is 8.78 Å². The highest BCUT2D eigenvalue weighted by Gasteiger charge is 2.15. The van der Waals surface area contributed by atoms with E-state index in [1.807, 2.05) is 0 Å². The Morgan fingerprint density at radius 2 is 1.46 bits per heavy atom. The standard InChI is InChI=1S/C21H26F2O3/c1-3-25-19-13-12-18(20(22)21(19)23)16-8-10-17(11-9-16)26-15-7-5-4-6-14-24-2/h8-13H,3-7,14-15H2,1-2H3.